The Hall–Kier alpha value is -3.64. The predicted molar refractivity (Wildman–Crippen MR) is 118 cm³/mol. The molecule has 1 heterocycles. The number of carbonyl (C=O) groups excluding carboxylic acids is 2. The molecule has 33 heavy (non-hydrogen) atoms. The summed E-state index contributed by atoms with van der Waals surface area (Å²) in [6.07, 6.45) is 0. The normalized spacial score (nSPS) is 13.0. The van der Waals surface area contributed by atoms with E-state index >= 15 is 0 Å². The summed E-state index contributed by atoms with van der Waals surface area (Å²) in [5.74, 6) is -0.197. The number of nitrogens with one attached hydrogen (secondary N) is 1. The standard InChI is InChI=1S/C21H23N3O8S/c1-14(15-7-8-18-19(9-15)31-13-30-18)23-32-12-21(26)29-11-20(25)22-16-5-4-6-17(10-16)33(27,28)24(2)3/h4-10H,11-13H2,1-3H3,(H,22,25)/b23-14+. The van der Waals surface area contributed by atoms with E-state index in [4.69, 9.17) is 19.0 Å². The number of fused-ring (bicyclic) bond motifs is 1. The topological polar surface area (TPSA) is 133 Å². The number of hydrogen-bond acceptors (Lipinski definition) is 9. The Balaban J connectivity index is 1.45. The number of hydrogen-bond donors (Lipinski definition) is 1. The second-order valence-electron chi connectivity index (χ2n) is 7.04. The Kier molecular flexibility index (Phi) is 7.51. The van der Waals surface area contributed by atoms with Crippen LogP contribution in [-0.2, 0) is 29.2 Å². The van der Waals surface area contributed by atoms with Gasteiger partial charge in [-0.05, 0) is 43.3 Å². The second kappa shape index (κ2) is 10.3. The van der Waals surface area contributed by atoms with Crippen LogP contribution < -0.4 is 14.8 Å². The Morgan fingerprint density at radius 1 is 1.09 bits per heavy atom. The van der Waals surface area contributed by atoms with E-state index in [0.717, 1.165) is 9.87 Å². The lowest BCUT2D eigenvalue weighted by Gasteiger charge is -2.12. The van der Waals surface area contributed by atoms with Crippen molar-refractivity contribution in [3.8, 4) is 11.5 Å². The highest BCUT2D eigenvalue weighted by Gasteiger charge is 2.18. The minimum atomic E-state index is -3.65. The van der Waals surface area contributed by atoms with Crippen molar-refractivity contribution in [2.24, 2.45) is 5.16 Å². The van der Waals surface area contributed by atoms with Crippen LogP contribution in [0.3, 0.4) is 0 Å². The predicted octanol–water partition coefficient (Wildman–Crippen LogP) is 1.59. The van der Waals surface area contributed by atoms with Crippen molar-refractivity contribution in [1.29, 1.82) is 0 Å². The van der Waals surface area contributed by atoms with Crippen LogP contribution in [0.25, 0.3) is 0 Å². The van der Waals surface area contributed by atoms with Gasteiger partial charge in [0.25, 0.3) is 5.91 Å². The van der Waals surface area contributed by atoms with Gasteiger partial charge < -0.3 is 24.4 Å². The fourth-order valence-corrected chi connectivity index (χ4v) is 3.63. The SMILES string of the molecule is C/C(=N\OCC(=O)OCC(=O)Nc1cccc(S(=O)(=O)N(C)C)c1)c1ccc2c(c1)OCO2. The average Bonchev–Trinajstić information content (AvgIpc) is 3.25. The number of amides is 1. The third-order valence-electron chi connectivity index (χ3n) is 4.43. The molecular formula is C21H23N3O8S. The van der Waals surface area contributed by atoms with E-state index in [2.05, 4.69) is 10.5 Å². The lowest BCUT2D eigenvalue weighted by molar-refractivity contribution is -0.151. The van der Waals surface area contributed by atoms with Crippen LogP contribution in [0.1, 0.15) is 12.5 Å². The molecule has 2 aromatic carbocycles. The molecule has 3 rings (SSSR count). The zero-order valence-electron chi connectivity index (χ0n) is 18.2. The number of oxime groups is 1. The van der Waals surface area contributed by atoms with Gasteiger partial charge in [-0.3, -0.25) is 4.79 Å². The van der Waals surface area contributed by atoms with Gasteiger partial charge in [0.15, 0.2) is 18.1 Å². The molecule has 1 amide bonds. The van der Waals surface area contributed by atoms with Gasteiger partial charge in [0.2, 0.25) is 23.4 Å². The third kappa shape index (κ3) is 6.20. The minimum Gasteiger partial charge on any atom is -0.454 e. The zero-order chi connectivity index (χ0) is 24.0. The molecule has 2 aromatic rings. The number of nitrogens with zero attached hydrogens (tertiary/aromatic N) is 2. The highest BCUT2D eigenvalue weighted by Crippen LogP contribution is 2.32. The van der Waals surface area contributed by atoms with Crippen molar-refractivity contribution in [2.45, 2.75) is 11.8 Å². The number of benzene rings is 2. The molecule has 1 aliphatic heterocycles. The summed E-state index contributed by atoms with van der Waals surface area (Å²) in [6, 6.07) is 11.0. The second-order valence-corrected chi connectivity index (χ2v) is 9.19. The van der Waals surface area contributed by atoms with Crippen LogP contribution in [0.5, 0.6) is 11.5 Å². The zero-order valence-corrected chi connectivity index (χ0v) is 19.0. The number of anilines is 1. The van der Waals surface area contributed by atoms with Crippen molar-refractivity contribution in [3.05, 3.63) is 48.0 Å². The molecule has 0 saturated carbocycles. The van der Waals surface area contributed by atoms with Crippen molar-refractivity contribution >= 4 is 33.3 Å². The number of sulfonamides is 1. The van der Waals surface area contributed by atoms with Crippen LogP contribution in [0.2, 0.25) is 0 Å². The van der Waals surface area contributed by atoms with E-state index in [0.29, 0.717) is 17.2 Å². The highest BCUT2D eigenvalue weighted by molar-refractivity contribution is 7.89. The van der Waals surface area contributed by atoms with Crippen LogP contribution in [0.4, 0.5) is 5.69 Å². The summed E-state index contributed by atoms with van der Waals surface area (Å²) < 4.78 is 40.8. The third-order valence-corrected chi connectivity index (χ3v) is 6.25. The van der Waals surface area contributed by atoms with Gasteiger partial charge in [-0.2, -0.15) is 0 Å². The molecule has 0 radical (unpaired) electrons. The van der Waals surface area contributed by atoms with Gasteiger partial charge in [-0.25, -0.2) is 17.5 Å². The summed E-state index contributed by atoms with van der Waals surface area (Å²) in [4.78, 5) is 28.9. The first-order chi connectivity index (χ1) is 15.7. The molecule has 0 aliphatic carbocycles. The lowest BCUT2D eigenvalue weighted by Crippen LogP contribution is -2.24. The number of ether oxygens (including phenoxy) is 3. The highest BCUT2D eigenvalue weighted by atomic mass is 32.2. The molecule has 0 saturated heterocycles. The summed E-state index contributed by atoms with van der Waals surface area (Å²) in [5, 5.41) is 6.34. The molecule has 1 N–H and O–H groups in total. The largest absolute Gasteiger partial charge is 0.454 e. The maximum Gasteiger partial charge on any atom is 0.347 e. The van der Waals surface area contributed by atoms with Gasteiger partial charge in [-0.1, -0.05) is 11.2 Å². The van der Waals surface area contributed by atoms with Crippen LogP contribution >= 0.6 is 0 Å². The summed E-state index contributed by atoms with van der Waals surface area (Å²) in [6.45, 7) is 0.788. The lowest BCUT2D eigenvalue weighted by atomic mass is 10.1. The average molecular weight is 477 g/mol. The Labute approximate surface area is 190 Å². The van der Waals surface area contributed by atoms with Crippen molar-refractivity contribution in [3.63, 3.8) is 0 Å². The van der Waals surface area contributed by atoms with Gasteiger partial charge in [0, 0.05) is 25.3 Å². The number of rotatable bonds is 9. The minimum absolute atomic E-state index is 0.0198. The van der Waals surface area contributed by atoms with E-state index in [1.54, 1.807) is 25.1 Å². The van der Waals surface area contributed by atoms with E-state index in [1.807, 2.05) is 0 Å². The monoisotopic (exact) mass is 477 g/mol. The van der Waals surface area contributed by atoms with Gasteiger partial charge in [-0.15, -0.1) is 0 Å². The number of carbonyl (C=O) groups is 2. The maximum absolute atomic E-state index is 12.2. The molecule has 0 aromatic heterocycles. The summed E-state index contributed by atoms with van der Waals surface area (Å²) in [7, 11) is -0.836. The van der Waals surface area contributed by atoms with E-state index in [9.17, 15) is 18.0 Å². The first kappa shape index (κ1) is 24.0. The smallest absolute Gasteiger partial charge is 0.347 e. The Morgan fingerprint density at radius 2 is 1.85 bits per heavy atom. The molecule has 0 atom stereocenters. The van der Waals surface area contributed by atoms with Crippen LogP contribution in [0, 0.1) is 0 Å². The molecule has 0 fully saturated rings. The van der Waals surface area contributed by atoms with Crippen molar-refractivity contribution < 1.29 is 37.1 Å². The van der Waals surface area contributed by atoms with Gasteiger partial charge in [0.1, 0.15) is 0 Å². The van der Waals surface area contributed by atoms with E-state index in [-0.39, 0.29) is 17.4 Å². The first-order valence-corrected chi connectivity index (χ1v) is 11.2. The van der Waals surface area contributed by atoms with Gasteiger partial charge >= 0.3 is 5.97 Å². The summed E-state index contributed by atoms with van der Waals surface area (Å²) >= 11 is 0. The summed E-state index contributed by atoms with van der Waals surface area (Å²) in [5.41, 5.74) is 1.48. The molecule has 0 bridgehead atoms. The van der Waals surface area contributed by atoms with Crippen molar-refractivity contribution in [1.82, 2.24) is 4.31 Å². The molecule has 176 valence electrons. The molecule has 0 spiro atoms. The quantitative estimate of drug-likeness (QED) is 0.327. The van der Waals surface area contributed by atoms with Crippen LogP contribution in [-0.4, -0.2) is 64.4 Å². The Morgan fingerprint density at radius 3 is 2.61 bits per heavy atom. The molecular weight excluding hydrogens is 454 g/mol. The number of esters is 1. The maximum atomic E-state index is 12.2. The van der Waals surface area contributed by atoms with Crippen molar-refractivity contribution in [2.75, 3.05) is 39.4 Å². The molecule has 11 nitrogen and oxygen atoms in total. The Bertz CT molecular complexity index is 1180. The molecule has 12 heteroatoms. The molecule has 1 aliphatic rings. The van der Waals surface area contributed by atoms with Crippen LogP contribution in [0.15, 0.2) is 52.5 Å². The fraction of sp³-hybridized carbons (Fsp3) is 0.286. The fourth-order valence-electron chi connectivity index (χ4n) is 2.69. The van der Waals surface area contributed by atoms with E-state index < -0.39 is 35.1 Å². The van der Waals surface area contributed by atoms with E-state index in [1.165, 1.54) is 38.4 Å². The first-order valence-electron chi connectivity index (χ1n) is 9.71. The van der Waals surface area contributed by atoms with Gasteiger partial charge in [0.05, 0.1) is 10.6 Å². The molecule has 0 unspecified atom stereocenters.